The molecular formula is C51H70O10. The molecule has 0 spiro atoms. The van der Waals surface area contributed by atoms with E-state index in [0.717, 1.165) is 51.4 Å². The van der Waals surface area contributed by atoms with Gasteiger partial charge < -0.3 is 28.4 Å². The third-order valence-electron chi connectivity index (χ3n) is 10.3. The Bertz CT molecular complexity index is 1700. The zero-order chi connectivity index (χ0) is 43.8. The van der Waals surface area contributed by atoms with E-state index in [9.17, 15) is 19.2 Å². The largest absolute Gasteiger partial charge is 0.494 e. The summed E-state index contributed by atoms with van der Waals surface area (Å²) >= 11 is 0. The first-order valence-corrected chi connectivity index (χ1v) is 22.7. The Morgan fingerprint density at radius 1 is 0.475 bits per heavy atom. The van der Waals surface area contributed by atoms with Gasteiger partial charge in [-0.15, -0.1) is 0 Å². The minimum absolute atomic E-state index is 0.113. The Morgan fingerprint density at radius 3 is 1.26 bits per heavy atom. The van der Waals surface area contributed by atoms with Crippen LogP contribution < -0.4 is 18.9 Å². The van der Waals surface area contributed by atoms with Crippen LogP contribution in [0.2, 0.25) is 0 Å². The summed E-state index contributed by atoms with van der Waals surface area (Å²) in [5.74, 6) is 0.720. The first-order chi connectivity index (χ1) is 29.8. The van der Waals surface area contributed by atoms with Crippen molar-refractivity contribution in [2.45, 2.75) is 149 Å². The highest BCUT2D eigenvalue weighted by molar-refractivity contribution is 5.92. The summed E-state index contributed by atoms with van der Waals surface area (Å²) in [5, 5.41) is 0. The van der Waals surface area contributed by atoms with Crippen molar-refractivity contribution in [3.8, 4) is 23.0 Å². The predicted octanol–water partition coefficient (Wildman–Crippen LogP) is 12.7. The highest BCUT2D eigenvalue weighted by Gasteiger charge is 2.14. The maximum atomic E-state index is 12.9. The second kappa shape index (κ2) is 31.7. The van der Waals surface area contributed by atoms with Gasteiger partial charge in [-0.25, -0.2) is 14.4 Å². The minimum atomic E-state index is -0.489. The zero-order valence-corrected chi connectivity index (χ0v) is 36.9. The van der Waals surface area contributed by atoms with Crippen molar-refractivity contribution in [3.05, 3.63) is 96.1 Å². The van der Waals surface area contributed by atoms with Crippen molar-refractivity contribution in [2.75, 3.05) is 26.4 Å². The zero-order valence-electron chi connectivity index (χ0n) is 36.9. The van der Waals surface area contributed by atoms with Crippen LogP contribution in [0.5, 0.6) is 23.0 Å². The molecule has 0 aliphatic rings. The Morgan fingerprint density at radius 2 is 0.852 bits per heavy atom. The van der Waals surface area contributed by atoms with Gasteiger partial charge in [0.1, 0.15) is 23.0 Å². The molecule has 0 fully saturated rings. The van der Waals surface area contributed by atoms with E-state index in [2.05, 4.69) is 6.58 Å². The Balaban J connectivity index is 1.22. The fraction of sp³-hybridized carbons (Fsp3) is 0.529. The van der Waals surface area contributed by atoms with Crippen LogP contribution in [0.1, 0.15) is 168 Å². The van der Waals surface area contributed by atoms with E-state index in [4.69, 9.17) is 28.4 Å². The maximum absolute atomic E-state index is 12.9. The Hall–Kier alpha value is -5.12. The lowest BCUT2D eigenvalue weighted by atomic mass is 10.1. The normalized spacial score (nSPS) is 10.8. The molecule has 0 saturated heterocycles. The van der Waals surface area contributed by atoms with Gasteiger partial charge in [0.15, 0.2) is 0 Å². The van der Waals surface area contributed by atoms with Gasteiger partial charge in [-0.05, 0) is 105 Å². The van der Waals surface area contributed by atoms with E-state index < -0.39 is 11.9 Å². The molecule has 0 saturated carbocycles. The summed E-state index contributed by atoms with van der Waals surface area (Å²) in [4.78, 5) is 47.9. The average Bonchev–Trinajstić information content (AvgIpc) is 3.27. The average molecular weight is 843 g/mol. The van der Waals surface area contributed by atoms with Crippen LogP contribution in [-0.4, -0.2) is 50.3 Å². The lowest BCUT2D eigenvalue weighted by molar-refractivity contribution is -0.143. The number of esters is 4. The van der Waals surface area contributed by atoms with Gasteiger partial charge >= 0.3 is 23.9 Å². The van der Waals surface area contributed by atoms with Gasteiger partial charge in [-0.3, -0.25) is 4.79 Å². The highest BCUT2D eigenvalue weighted by atomic mass is 16.5. The molecule has 10 nitrogen and oxygen atoms in total. The molecule has 334 valence electrons. The summed E-state index contributed by atoms with van der Waals surface area (Å²) in [7, 11) is 0. The second-order valence-electron chi connectivity index (χ2n) is 15.5. The molecule has 3 aromatic carbocycles. The van der Waals surface area contributed by atoms with Crippen LogP contribution in [0.4, 0.5) is 0 Å². The summed E-state index contributed by atoms with van der Waals surface area (Å²) in [6.07, 6.45) is 24.5. The van der Waals surface area contributed by atoms with Crippen molar-refractivity contribution in [1.82, 2.24) is 0 Å². The summed E-state index contributed by atoms with van der Waals surface area (Å²) in [5.41, 5.74) is 1.47. The van der Waals surface area contributed by atoms with E-state index in [0.29, 0.717) is 72.5 Å². The van der Waals surface area contributed by atoms with Crippen LogP contribution in [0.25, 0.3) is 0 Å². The molecule has 0 bridgehead atoms. The van der Waals surface area contributed by atoms with Gasteiger partial charge in [0, 0.05) is 12.5 Å². The van der Waals surface area contributed by atoms with Gasteiger partial charge in [0.05, 0.1) is 37.6 Å². The monoisotopic (exact) mass is 842 g/mol. The second-order valence-corrected chi connectivity index (χ2v) is 15.5. The fourth-order valence-electron chi connectivity index (χ4n) is 6.64. The molecule has 3 rings (SSSR count). The number of rotatable bonds is 34. The standard InChI is InChI=1S/C51H70O10/c1-4-48(52)58-38-24-20-16-12-8-6-10-14-18-22-36-56-44-30-26-42(27-31-44)50(54)60-46-34-35-47(41(3)40-46)61-51(55)43-28-32-45(33-29-43)57-37-23-19-15-11-7-9-13-17-21-25-39-59-49(53)5-2/h5,26-35,40H,2,4,6-25,36-39H2,1,3H3. The van der Waals surface area contributed by atoms with Crippen LogP contribution >= 0.6 is 0 Å². The summed E-state index contributed by atoms with van der Waals surface area (Å²) in [6.45, 7) is 9.29. The number of aryl methyl sites for hydroxylation is 1. The van der Waals surface area contributed by atoms with Gasteiger partial charge in [0.25, 0.3) is 0 Å². The number of benzene rings is 3. The highest BCUT2D eigenvalue weighted by Crippen LogP contribution is 2.26. The fourth-order valence-corrected chi connectivity index (χ4v) is 6.64. The van der Waals surface area contributed by atoms with Crippen molar-refractivity contribution in [1.29, 1.82) is 0 Å². The molecule has 0 aliphatic carbocycles. The van der Waals surface area contributed by atoms with E-state index in [1.54, 1.807) is 73.7 Å². The SMILES string of the molecule is C=CC(=O)OCCCCCCCCCCCCOc1ccc(C(=O)Oc2ccc(OC(=O)c3ccc(OCCCCCCCCCCCCOC(=O)CC)cc3)cc2C)cc1. The third kappa shape index (κ3) is 22.9. The molecule has 61 heavy (non-hydrogen) atoms. The van der Waals surface area contributed by atoms with Crippen molar-refractivity contribution >= 4 is 23.9 Å². The molecular weight excluding hydrogens is 773 g/mol. The molecule has 0 N–H and O–H groups in total. The molecule has 0 amide bonds. The molecule has 3 aromatic rings. The minimum Gasteiger partial charge on any atom is -0.494 e. The lowest BCUT2D eigenvalue weighted by Gasteiger charge is -2.11. The summed E-state index contributed by atoms with van der Waals surface area (Å²) < 4.78 is 33.1. The molecule has 0 heterocycles. The van der Waals surface area contributed by atoms with E-state index in [1.165, 1.54) is 83.1 Å². The van der Waals surface area contributed by atoms with Crippen LogP contribution in [0.15, 0.2) is 79.4 Å². The first-order valence-electron chi connectivity index (χ1n) is 22.7. The lowest BCUT2D eigenvalue weighted by Crippen LogP contribution is -2.10. The van der Waals surface area contributed by atoms with E-state index >= 15 is 0 Å². The molecule has 10 heteroatoms. The van der Waals surface area contributed by atoms with Crippen molar-refractivity contribution < 1.29 is 47.6 Å². The van der Waals surface area contributed by atoms with Gasteiger partial charge in [0.2, 0.25) is 0 Å². The number of ether oxygens (including phenoxy) is 6. The van der Waals surface area contributed by atoms with Crippen LogP contribution in [-0.2, 0) is 19.1 Å². The molecule has 0 atom stereocenters. The third-order valence-corrected chi connectivity index (χ3v) is 10.3. The number of carbonyl (C=O) groups is 4. The summed E-state index contributed by atoms with van der Waals surface area (Å²) in [6, 6.07) is 18.8. The molecule has 0 radical (unpaired) electrons. The van der Waals surface area contributed by atoms with Gasteiger partial charge in [-0.1, -0.05) is 116 Å². The maximum Gasteiger partial charge on any atom is 0.343 e. The number of carbonyl (C=O) groups excluding carboxylic acids is 4. The van der Waals surface area contributed by atoms with Crippen LogP contribution in [0.3, 0.4) is 0 Å². The predicted molar refractivity (Wildman–Crippen MR) is 240 cm³/mol. The van der Waals surface area contributed by atoms with Crippen molar-refractivity contribution in [3.63, 3.8) is 0 Å². The Kier molecular flexibility index (Phi) is 26.1. The molecule has 0 unspecified atom stereocenters. The topological polar surface area (TPSA) is 124 Å². The molecule has 0 aromatic heterocycles. The number of unbranched alkanes of at least 4 members (excludes halogenated alkanes) is 18. The van der Waals surface area contributed by atoms with E-state index in [1.807, 2.05) is 6.92 Å². The van der Waals surface area contributed by atoms with Crippen LogP contribution in [0, 0.1) is 6.92 Å². The molecule has 0 aliphatic heterocycles. The quantitative estimate of drug-likeness (QED) is 0.0248. The first kappa shape index (κ1) is 50.2. The number of hydrogen-bond acceptors (Lipinski definition) is 10. The van der Waals surface area contributed by atoms with E-state index in [-0.39, 0.29) is 11.9 Å². The number of hydrogen-bond donors (Lipinski definition) is 0. The van der Waals surface area contributed by atoms with Gasteiger partial charge in [-0.2, -0.15) is 0 Å². The van der Waals surface area contributed by atoms with Crippen molar-refractivity contribution in [2.24, 2.45) is 0 Å². The Labute approximate surface area is 364 Å². The smallest absolute Gasteiger partial charge is 0.343 e.